The normalized spacial score (nSPS) is 19.9. The van der Waals surface area contributed by atoms with Crippen LogP contribution in [0, 0.1) is 11.6 Å². The maximum atomic E-state index is 13.9. The summed E-state index contributed by atoms with van der Waals surface area (Å²) >= 11 is 3.10. The molecule has 1 saturated heterocycles. The van der Waals surface area contributed by atoms with E-state index >= 15 is 0 Å². The summed E-state index contributed by atoms with van der Waals surface area (Å²) in [4.78, 5) is 1.97. The molecule has 1 unspecified atom stereocenters. The number of nitrogens with zero attached hydrogens (tertiary/aromatic N) is 1. The molecule has 19 heavy (non-hydrogen) atoms. The van der Waals surface area contributed by atoms with Crippen molar-refractivity contribution >= 4 is 15.9 Å². The predicted molar refractivity (Wildman–Crippen MR) is 76.0 cm³/mol. The number of likely N-dealkylation sites (N-methyl/N-ethyl adjacent to an activating group) is 1. The van der Waals surface area contributed by atoms with E-state index < -0.39 is 11.6 Å². The quantitative estimate of drug-likeness (QED) is 0.851. The highest BCUT2D eigenvalue weighted by Gasteiger charge is 2.18. The van der Waals surface area contributed by atoms with E-state index in [0.29, 0.717) is 10.5 Å². The van der Waals surface area contributed by atoms with Gasteiger partial charge in [-0.3, -0.25) is 0 Å². The topological polar surface area (TPSA) is 15.3 Å². The molecule has 106 valence electrons. The van der Waals surface area contributed by atoms with Gasteiger partial charge in [0.1, 0.15) is 11.6 Å². The summed E-state index contributed by atoms with van der Waals surface area (Å²) in [5.41, 5.74) is 0.132. The van der Waals surface area contributed by atoms with Crippen molar-refractivity contribution in [1.29, 1.82) is 0 Å². The number of hydrogen-bond acceptors (Lipinski definition) is 2. The summed E-state index contributed by atoms with van der Waals surface area (Å²) in [6.45, 7) is 2.14. The van der Waals surface area contributed by atoms with E-state index in [9.17, 15) is 8.78 Å². The maximum absolute atomic E-state index is 13.9. The number of benzene rings is 1. The Morgan fingerprint density at radius 2 is 2.16 bits per heavy atom. The van der Waals surface area contributed by atoms with Gasteiger partial charge in [0.15, 0.2) is 0 Å². The van der Waals surface area contributed by atoms with Crippen LogP contribution in [0.1, 0.15) is 24.8 Å². The Labute approximate surface area is 121 Å². The van der Waals surface area contributed by atoms with E-state index in [1.807, 2.05) is 11.9 Å². The van der Waals surface area contributed by atoms with Crippen LogP contribution in [0.25, 0.3) is 0 Å². The van der Waals surface area contributed by atoms with Crippen molar-refractivity contribution in [2.45, 2.75) is 31.8 Å². The van der Waals surface area contributed by atoms with Crippen molar-refractivity contribution in [1.82, 2.24) is 10.2 Å². The molecule has 0 saturated carbocycles. The zero-order valence-electron chi connectivity index (χ0n) is 11.1. The number of nitrogens with one attached hydrogen (secondary N) is 1. The van der Waals surface area contributed by atoms with E-state index in [2.05, 4.69) is 21.2 Å². The molecule has 1 N–H and O–H groups in total. The van der Waals surface area contributed by atoms with Crippen molar-refractivity contribution in [2.24, 2.45) is 0 Å². The Balaban J connectivity index is 1.98. The Morgan fingerprint density at radius 3 is 2.84 bits per heavy atom. The number of piperidine rings is 1. The van der Waals surface area contributed by atoms with Gasteiger partial charge in [-0.2, -0.15) is 0 Å². The lowest BCUT2D eigenvalue weighted by Gasteiger charge is -2.28. The first-order valence-corrected chi connectivity index (χ1v) is 7.41. The molecular weight excluding hydrogens is 314 g/mol. The van der Waals surface area contributed by atoms with Crippen LogP contribution in [-0.2, 0) is 6.54 Å². The predicted octanol–water partition coefficient (Wildman–Crippen LogP) is 3.30. The van der Waals surface area contributed by atoms with Gasteiger partial charge in [0.05, 0.1) is 4.47 Å². The second kappa shape index (κ2) is 6.77. The Morgan fingerprint density at radius 1 is 1.37 bits per heavy atom. The molecule has 1 aromatic rings. The third-order valence-corrected chi connectivity index (χ3v) is 4.12. The molecule has 5 heteroatoms. The van der Waals surface area contributed by atoms with Gasteiger partial charge in [-0.05, 0) is 54.5 Å². The van der Waals surface area contributed by atoms with Crippen LogP contribution in [0.15, 0.2) is 16.6 Å². The van der Waals surface area contributed by atoms with Gasteiger partial charge < -0.3 is 10.2 Å². The number of rotatable bonds is 4. The molecular formula is C14H19BrF2N2. The second-order valence-electron chi connectivity index (χ2n) is 5.17. The van der Waals surface area contributed by atoms with Gasteiger partial charge in [-0.25, -0.2) is 8.78 Å². The van der Waals surface area contributed by atoms with Crippen LogP contribution in [-0.4, -0.2) is 31.1 Å². The first kappa shape index (κ1) is 14.9. The van der Waals surface area contributed by atoms with Crippen LogP contribution in [0.5, 0.6) is 0 Å². The molecule has 1 atom stereocenters. The molecule has 0 aromatic heterocycles. The fraction of sp³-hybridized carbons (Fsp3) is 0.571. The molecule has 2 rings (SSSR count). The summed E-state index contributed by atoms with van der Waals surface area (Å²) in [6, 6.07) is 3.13. The molecule has 0 aliphatic carbocycles. The monoisotopic (exact) mass is 332 g/mol. The minimum atomic E-state index is -0.497. The molecule has 1 aliphatic heterocycles. The highest BCUT2D eigenvalue weighted by Crippen LogP contribution is 2.22. The van der Waals surface area contributed by atoms with Gasteiger partial charge in [0, 0.05) is 24.7 Å². The maximum Gasteiger partial charge on any atom is 0.144 e. The number of hydrogen-bond donors (Lipinski definition) is 1. The fourth-order valence-electron chi connectivity index (χ4n) is 2.50. The largest absolute Gasteiger partial charge is 0.313 e. The number of halogens is 3. The van der Waals surface area contributed by atoms with Crippen LogP contribution in [0.2, 0.25) is 0 Å². The highest BCUT2D eigenvalue weighted by atomic mass is 79.9. The van der Waals surface area contributed by atoms with Crippen molar-refractivity contribution < 1.29 is 8.78 Å². The molecule has 2 nitrogen and oxygen atoms in total. The molecule has 1 fully saturated rings. The van der Waals surface area contributed by atoms with Crippen LogP contribution in [0.3, 0.4) is 0 Å². The average molecular weight is 333 g/mol. The third-order valence-electron chi connectivity index (χ3n) is 3.51. The van der Waals surface area contributed by atoms with Gasteiger partial charge >= 0.3 is 0 Å². The van der Waals surface area contributed by atoms with E-state index in [-0.39, 0.29) is 12.1 Å². The summed E-state index contributed by atoms with van der Waals surface area (Å²) in [5, 5.41) is 3.44. The van der Waals surface area contributed by atoms with Gasteiger partial charge in [-0.1, -0.05) is 6.42 Å². The van der Waals surface area contributed by atoms with Crippen LogP contribution >= 0.6 is 15.9 Å². The standard InChI is InChI=1S/C14H19BrF2N2/c1-19(8-10-4-2-3-7-18-10)9-11-13(16)6-5-12(15)14(11)17/h5-6,10,18H,2-4,7-9H2,1H3. The Bertz CT molecular complexity index is 434. The molecule has 0 spiro atoms. The van der Waals surface area contributed by atoms with Gasteiger partial charge in [0.2, 0.25) is 0 Å². The first-order valence-electron chi connectivity index (χ1n) is 6.62. The second-order valence-corrected chi connectivity index (χ2v) is 6.02. The summed E-state index contributed by atoms with van der Waals surface area (Å²) in [7, 11) is 1.90. The van der Waals surface area contributed by atoms with Crippen LogP contribution < -0.4 is 5.32 Å². The smallest absolute Gasteiger partial charge is 0.144 e. The summed E-state index contributed by atoms with van der Waals surface area (Å²) in [6.07, 6.45) is 3.58. The average Bonchev–Trinajstić information content (AvgIpc) is 2.40. The minimum absolute atomic E-state index is 0.132. The zero-order valence-corrected chi connectivity index (χ0v) is 12.6. The van der Waals surface area contributed by atoms with Crippen molar-refractivity contribution in [3.63, 3.8) is 0 Å². The Hall–Kier alpha value is -0.520. The fourth-order valence-corrected chi connectivity index (χ4v) is 2.88. The summed E-state index contributed by atoms with van der Waals surface area (Å²) < 4.78 is 27.9. The molecule has 1 heterocycles. The van der Waals surface area contributed by atoms with Gasteiger partial charge in [-0.15, -0.1) is 0 Å². The molecule has 1 aromatic carbocycles. The van der Waals surface area contributed by atoms with Crippen molar-refractivity contribution in [3.8, 4) is 0 Å². The zero-order chi connectivity index (χ0) is 13.8. The van der Waals surface area contributed by atoms with Crippen molar-refractivity contribution in [3.05, 3.63) is 33.8 Å². The SMILES string of the molecule is CN(Cc1c(F)ccc(Br)c1F)CC1CCCCN1. The lowest BCUT2D eigenvalue weighted by atomic mass is 10.0. The highest BCUT2D eigenvalue weighted by molar-refractivity contribution is 9.10. The third kappa shape index (κ3) is 3.97. The summed E-state index contributed by atoms with van der Waals surface area (Å²) in [5.74, 6) is -0.979. The lowest BCUT2D eigenvalue weighted by molar-refractivity contribution is 0.251. The van der Waals surface area contributed by atoms with E-state index in [0.717, 1.165) is 19.5 Å². The van der Waals surface area contributed by atoms with E-state index in [4.69, 9.17) is 0 Å². The molecule has 0 bridgehead atoms. The molecule has 0 amide bonds. The lowest BCUT2D eigenvalue weighted by Crippen LogP contribution is -2.42. The first-order chi connectivity index (χ1) is 9.08. The minimum Gasteiger partial charge on any atom is -0.313 e. The van der Waals surface area contributed by atoms with Gasteiger partial charge in [0.25, 0.3) is 0 Å². The van der Waals surface area contributed by atoms with Crippen molar-refractivity contribution in [2.75, 3.05) is 20.1 Å². The van der Waals surface area contributed by atoms with E-state index in [1.165, 1.54) is 25.0 Å². The van der Waals surface area contributed by atoms with Crippen LogP contribution in [0.4, 0.5) is 8.78 Å². The Kier molecular flexibility index (Phi) is 5.30. The van der Waals surface area contributed by atoms with E-state index in [1.54, 1.807) is 0 Å². The molecule has 0 radical (unpaired) electrons. The molecule has 1 aliphatic rings.